The number of methoxy groups -OCH3 is 1. The highest BCUT2D eigenvalue weighted by Crippen LogP contribution is 2.55. The molecule has 1 aromatic rings. The Morgan fingerprint density at radius 2 is 1.73 bits per heavy atom. The van der Waals surface area contributed by atoms with Gasteiger partial charge in [0, 0.05) is 4.75 Å². The van der Waals surface area contributed by atoms with Gasteiger partial charge in [0.2, 0.25) is 5.54 Å². The number of thioether (sulfide) groups is 1. The van der Waals surface area contributed by atoms with Gasteiger partial charge in [0.25, 0.3) is 11.8 Å². The Morgan fingerprint density at radius 1 is 1.11 bits per heavy atom. The minimum Gasteiger partial charge on any atom is -0.493 e. The van der Waals surface area contributed by atoms with Crippen LogP contribution in [0.25, 0.3) is 0 Å². The average Bonchev–Trinajstić information content (AvgIpc) is 3.12. The lowest BCUT2D eigenvalue weighted by Gasteiger charge is -2.51. The molecule has 2 saturated heterocycles. The first-order valence-corrected chi connectivity index (χ1v) is 13.7. The van der Waals surface area contributed by atoms with Crippen LogP contribution in [0.5, 0.6) is 11.5 Å². The van der Waals surface area contributed by atoms with Crippen LogP contribution in [0.1, 0.15) is 72.6 Å². The van der Waals surface area contributed by atoms with Gasteiger partial charge in [-0.15, -0.1) is 11.8 Å². The second-order valence-corrected chi connectivity index (χ2v) is 11.9. The summed E-state index contributed by atoms with van der Waals surface area (Å²) in [6.07, 6.45) is 5.56. The molecule has 1 unspecified atom stereocenters. The molecular formula is C27H38N2O7S. The van der Waals surface area contributed by atoms with Crippen LogP contribution in [0.3, 0.4) is 0 Å². The fourth-order valence-electron chi connectivity index (χ4n) is 5.09. The number of β-lactam (4-membered cyclic amide) rings is 1. The van der Waals surface area contributed by atoms with Crippen LogP contribution < -0.4 is 14.8 Å². The van der Waals surface area contributed by atoms with Gasteiger partial charge in [-0.05, 0) is 45.7 Å². The zero-order valence-corrected chi connectivity index (χ0v) is 23.1. The molecule has 10 heteroatoms. The van der Waals surface area contributed by atoms with E-state index in [0.29, 0.717) is 17.9 Å². The second-order valence-electron chi connectivity index (χ2n) is 10.2. The smallest absolute Gasteiger partial charge is 0.327 e. The SMILES string of the molecule is CCCCCCCCC(Oc1ccccc1OC)C(=O)N[C@@]1(C(C)=O)C(=O)N2[C@@H](C(=O)O)C(C)(C)S[C@@H]21. The maximum Gasteiger partial charge on any atom is 0.327 e. The zero-order valence-electron chi connectivity index (χ0n) is 22.2. The van der Waals surface area contributed by atoms with Crippen molar-refractivity contribution in [3.8, 4) is 11.5 Å². The molecule has 0 saturated carbocycles. The van der Waals surface area contributed by atoms with E-state index in [-0.39, 0.29) is 0 Å². The number of hydrogen-bond acceptors (Lipinski definition) is 7. The number of ketones is 1. The Bertz CT molecular complexity index is 1030. The molecule has 37 heavy (non-hydrogen) atoms. The number of aliphatic carboxylic acids is 1. The number of nitrogens with one attached hydrogen (secondary N) is 1. The number of Topliss-reactive ketones (excluding diaryl/α,β-unsaturated/α-hetero) is 1. The van der Waals surface area contributed by atoms with Gasteiger partial charge >= 0.3 is 5.97 Å². The Morgan fingerprint density at radius 3 is 2.32 bits per heavy atom. The summed E-state index contributed by atoms with van der Waals surface area (Å²) in [5, 5.41) is 11.6. The van der Waals surface area contributed by atoms with Crippen LogP contribution in [0.2, 0.25) is 0 Å². The van der Waals surface area contributed by atoms with E-state index >= 15 is 0 Å². The summed E-state index contributed by atoms with van der Waals surface area (Å²) in [5.74, 6) is -2.10. The van der Waals surface area contributed by atoms with E-state index < -0.39 is 51.4 Å². The van der Waals surface area contributed by atoms with Crippen molar-refractivity contribution in [3.63, 3.8) is 0 Å². The molecule has 2 aliphatic heterocycles. The number of rotatable bonds is 14. The van der Waals surface area contributed by atoms with Crippen molar-refractivity contribution in [2.24, 2.45) is 0 Å². The molecule has 2 amide bonds. The Kier molecular flexibility index (Phi) is 9.15. The molecule has 0 aromatic heterocycles. The Hall–Kier alpha value is -2.75. The van der Waals surface area contributed by atoms with Crippen molar-refractivity contribution in [3.05, 3.63) is 24.3 Å². The van der Waals surface area contributed by atoms with Crippen molar-refractivity contribution in [2.75, 3.05) is 7.11 Å². The number of benzene rings is 1. The van der Waals surface area contributed by atoms with Gasteiger partial charge in [0.1, 0.15) is 11.4 Å². The molecule has 2 heterocycles. The van der Waals surface area contributed by atoms with E-state index in [2.05, 4.69) is 12.2 Å². The first-order chi connectivity index (χ1) is 17.5. The summed E-state index contributed by atoms with van der Waals surface area (Å²) >= 11 is 1.21. The van der Waals surface area contributed by atoms with Crippen LogP contribution in [-0.4, -0.2) is 68.5 Å². The van der Waals surface area contributed by atoms with Crippen LogP contribution in [0.15, 0.2) is 24.3 Å². The van der Waals surface area contributed by atoms with Crippen molar-refractivity contribution >= 4 is 35.3 Å². The number of carbonyl (C=O) groups is 4. The van der Waals surface area contributed by atoms with Gasteiger partial charge in [-0.3, -0.25) is 14.4 Å². The normalized spacial score (nSPS) is 24.6. The lowest BCUT2D eigenvalue weighted by atomic mass is 9.81. The van der Waals surface area contributed by atoms with Gasteiger partial charge in [-0.25, -0.2) is 4.79 Å². The standard InChI is InChI=1S/C27H38N2O7S/c1-6-7-8-9-10-11-16-20(36-19-15-13-12-14-18(19)35-5)22(31)28-27(17(2)30)24(34)29-21(23(32)33)26(3,4)37-25(27)29/h12-15,20-21,25H,6-11,16H2,1-5H3,(H,28,31)(H,32,33)/t20?,21-,25+,27-/m0/s1. The van der Waals surface area contributed by atoms with E-state index in [1.54, 1.807) is 38.1 Å². The molecule has 2 N–H and O–H groups in total. The first kappa shape index (κ1) is 28.8. The molecular weight excluding hydrogens is 496 g/mol. The minimum atomic E-state index is -1.83. The van der Waals surface area contributed by atoms with Gasteiger partial charge in [-0.2, -0.15) is 0 Å². The van der Waals surface area contributed by atoms with Gasteiger partial charge in [-0.1, -0.05) is 51.2 Å². The molecule has 2 aliphatic rings. The number of hydrogen-bond donors (Lipinski definition) is 2. The highest BCUT2D eigenvalue weighted by Gasteiger charge is 2.74. The van der Waals surface area contributed by atoms with Crippen molar-refractivity contribution in [1.82, 2.24) is 10.2 Å². The van der Waals surface area contributed by atoms with E-state index in [9.17, 15) is 24.3 Å². The van der Waals surface area contributed by atoms with Crippen LogP contribution >= 0.6 is 11.8 Å². The second kappa shape index (κ2) is 11.8. The topological polar surface area (TPSA) is 122 Å². The number of carboxylic acids is 1. The summed E-state index contributed by atoms with van der Waals surface area (Å²) < 4.78 is 10.6. The number of ether oxygens (including phenoxy) is 2. The quantitative estimate of drug-likeness (QED) is 0.210. The summed E-state index contributed by atoms with van der Waals surface area (Å²) in [6.45, 7) is 6.85. The lowest BCUT2D eigenvalue weighted by molar-refractivity contribution is -0.172. The van der Waals surface area contributed by atoms with Crippen molar-refractivity contribution in [1.29, 1.82) is 0 Å². The molecule has 9 nitrogen and oxygen atoms in total. The van der Waals surface area contributed by atoms with E-state index in [4.69, 9.17) is 9.47 Å². The van der Waals surface area contributed by atoms with E-state index in [1.807, 2.05) is 0 Å². The number of nitrogens with zero attached hydrogens (tertiary/aromatic N) is 1. The third-order valence-corrected chi connectivity index (χ3v) is 8.74. The van der Waals surface area contributed by atoms with Crippen LogP contribution in [0.4, 0.5) is 0 Å². The predicted octanol–water partition coefficient (Wildman–Crippen LogP) is 3.78. The highest BCUT2D eigenvalue weighted by atomic mass is 32.2. The number of fused-ring (bicyclic) bond motifs is 1. The monoisotopic (exact) mass is 534 g/mol. The molecule has 0 spiro atoms. The van der Waals surface area contributed by atoms with Crippen LogP contribution in [0, 0.1) is 0 Å². The van der Waals surface area contributed by atoms with Crippen molar-refractivity contribution < 1.29 is 33.8 Å². The molecule has 4 atom stereocenters. The van der Waals surface area contributed by atoms with E-state index in [0.717, 1.165) is 38.5 Å². The lowest BCUT2D eigenvalue weighted by Crippen LogP contribution is -2.82. The number of carbonyl (C=O) groups excluding carboxylic acids is 3. The molecule has 2 fully saturated rings. The third-order valence-electron chi connectivity index (χ3n) is 7.11. The number of unbranched alkanes of at least 4 members (excludes halogenated alkanes) is 5. The summed E-state index contributed by atoms with van der Waals surface area (Å²) in [5.41, 5.74) is -1.83. The van der Waals surface area contributed by atoms with E-state index in [1.165, 1.54) is 30.7 Å². The fraction of sp³-hybridized carbons (Fsp3) is 0.630. The minimum absolute atomic E-state index is 0.386. The van der Waals surface area contributed by atoms with Gasteiger partial charge in [0.15, 0.2) is 23.4 Å². The third kappa shape index (κ3) is 5.58. The Labute approximate surface area is 222 Å². The largest absolute Gasteiger partial charge is 0.493 e. The number of para-hydroxylation sites is 2. The molecule has 1 aromatic carbocycles. The molecule has 0 bridgehead atoms. The Balaban J connectivity index is 1.82. The maximum absolute atomic E-state index is 13.6. The maximum atomic E-state index is 13.6. The molecule has 0 aliphatic carbocycles. The molecule has 204 valence electrons. The summed E-state index contributed by atoms with van der Waals surface area (Å²) in [6, 6.07) is 5.89. The van der Waals surface area contributed by atoms with Crippen LogP contribution in [-0.2, 0) is 19.2 Å². The average molecular weight is 535 g/mol. The fourth-order valence-corrected chi connectivity index (χ4v) is 6.84. The van der Waals surface area contributed by atoms with Gasteiger partial charge in [0.05, 0.1) is 7.11 Å². The zero-order chi connectivity index (χ0) is 27.4. The van der Waals surface area contributed by atoms with Crippen molar-refractivity contribution in [2.45, 2.75) is 100 Å². The first-order valence-electron chi connectivity index (χ1n) is 12.9. The molecule has 0 radical (unpaired) electrons. The van der Waals surface area contributed by atoms with Gasteiger partial charge < -0.3 is 24.8 Å². The number of carboxylic acid groups (broad SMARTS) is 1. The predicted molar refractivity (Wildman–Crippen MR) is 141 cm³/mol. The summed E-state index contributed by atoms with van der Waals surface area (Å²) in [7, 11) is 1.51. The summed E-state index contributed by atoms with van der Waals surface area (Å²) in [4.78, 5) is 53.0. The molecule has 3 rings (SSSR count). The highest BCUT2D eigenvalue weighted by molar-refractivity contribution is 8.01. The number of amides is 2.